The Bertz CT molecular complexity index is 700. The van der Waals surface area contributed by atoms with E-state index >= 15 is 0 Å². The van der Waals surface area contributed by atoms with Gasteiger partial charge in [0, 0.05) is 11.8 Å². The SMILES string of the molecule is CCNC(c1cnn(-c2ccccc2)c1)c1occc1C. The van der Waals surface area contributed by atoms with Gasteiger partial charge >= 0.3 is 0 Å². The van der Waals surface area contributed by atoms with Crippen LogP contribution in [-0.2, 0) is 0 Å². The van der Waals surface area contributed by atoms with Crippen LogP contribution in [0.2, 0.25) is 0 Å². The maximum Gasteiger partial charge on any atom is 0.128 e. The van der Waals surface area contributed by atoms with E-state index in [-0.39, 0.29) is 6.04 Å². The van der Waals surface area contributed by atoms with Crippen LogP contribution in [0, 0.1) is 6.92 Å². The van der Waals surface area contributed by atoms with Gasteiger partial charge in [0.2, 0.25) is 0 Å². The van der Waals surface area contributed by atoms with E-state index in [4.69, 9.17) is 4.42 Å². The number of benzene rings is 1. The lowest BCUT2D eigenvalue weighted by Crippen LogP contribution is -2.21. The van der Waals surface area contributed by atoms with E-state index in [2.05, 4.69) is 24.3 Å². The third-order valence-corrected chi connectivity index (χ3v) is 3.53. The second kappa shape index (κ2) is 5.97. The maximum absolute atomic E-state index is 5.65. The topological polar surface area (TPSA) is 43.0 Å². The number of hydrogen-bond donors (Lipinski definition) is 1. The van der Waals surface area contributed by atoms with Crippen LogP contribution in [-0.4, -0.2) is 16.3 Å². The molecule has 0 saturated heterocycles. The summed E-state index contributed by atoms with van der Waals surface area (Å²) in [5.74, 6) is 0.949. The van der Waals surface area contributed by atoms with Gasteiger partial charge in [-0.25, -0.2) is 4.68 Å². The molecule has 108 valence electrons. The number of rotatable bonds is 5. The van der Waals surface area contributed by atoms with Gasteiger partial charge in [-0.2, -0.15) is 5.10 Å². The molecule has 0 aliphatic heterocycles. The van der Waals surface area contributed by atoms with Crippen molar-refractivity contribution in [3.8, 4) is 5.69 Å². The Morgan fingerprint density at radius 1 is 1.24 bits per heavy atom. The van der Waals surface area contributed by atoms with Gasteiger partial charge in [0.15, 0.2) is 0 Å². The lowest BCUT2D eigenvalue weighted by Gasteiger charge is -2.14. The maximum atomic E-state index is 5.65. The molecule has 3 rings (SSSR count). The molecule has 4 nitrogen and oxygen atoms in total. The molecule has 0 aliphatic rings. The van der Waals surface area contributed by atoms with E-state index in [1.54, 1.807) is 6.26 Å². The van der Waals surface area contributed by atoms with Crippen LogP contribution >= 0.6 is 0 Å². The van der Waals surface area contributed by atoms with Crippen LogP contribution in [0.15, 0.2) is 59.5 Å². The minimum atomic E-state index is 0.0301. The Labute approximate surface area is 124 Å². The molecule has 0 aliphatic carbocycles. The molecule has 1 atom stereocenters. The van der Waals surface area contributed by atoms with Crippen molar-refractivity contribution in [2.24, 2.45) is 0 Å². The number of para-hydroxylation sites is 1. The Morgan fingerprint density at radius 2 is 2.05 bits per heavy atom. The monoisotopic (exact) mass is 281 g/mol. The van der Waals surface area contributed by atoms with Crippen LogP contribution in [0.5, 0.6) is 0 Å². The molecule has 1 N–H and O–H groups in total. The molecule has 3 aromatic rings. The number of aromatic nitrogens is 2. The molecule has 0 radical (unpaired) electrons. The molecule has 1 aromatic carbocycles. The zero-order valence-corrected chi connectivity index (χ0v) is 12.3. The van der Waals surface area contributed by atoms with Gasteiger partial charge in [-0.3, -0.25) is 0 Å². The lowest BCUT2D eigenvalue weighted by atomic mass is 10.1. The summed E-state index contributed by atoms with van der Waals surface area (Å²) in [7, 11) is 0. The van der Waals surface area contributed by atoms with Gasteiger partial charge in [-0.1, -0.05) is 25.1 Å². The normalized spacial score (nSPS) is 12.5. The molecular weight excluding hydrogens is 262 g/mol. The molecule has 0 bridgehead atoms. The first-order chi connectivity index (χ1) is 10.3. The van der Waals surface area contributed by atoms with Gasteiger partial charge in [0.1, 0.15) is 5.76 Å². The minimum absolute atomic E-state index is 0.0301. The fourth-order valence-corrected chi connectivity index (χ4v) is 2.45. The van der Waals surface area contributed by atoms with Crippen molar-refractivity contribution in [1.29, 1.82) is 0 Å². The van der Waals surface area contributed by atoms with Gasteiger partial charge < -0.3 is 9.73 Å². The quantitative estimate of drug-likeness (QED) is 0.778. The van der Waals surface area contributed by atoms with Crippen molar-refractivity contribution < 1.29 is 4.42 Å². The molecule has 2 aromatic heterocycles. The van der Waals surface area contributed by atoms with Gasteiger partial charge in [-0.15, -0.1) is 0 Å². The Kier molecular flexibility index (Phi) is 3.88. The number of nitrogens with one attached hydrogen (secondary N) is 1. The highest BCUT2D eigenvalue weighted by atomic mass is 16.3. The number of furan rings is 1. The van der Waals surface area contributed by atoms with E-state index in [1.165, 1.54) is 0 Å². The molecule has 0 fully saturated rings. The number of aryl methyl sites for hydroxylation is 1. The lowest BCUT2D eigenvalue weighted by molar-refractivity contribution is 0.449. The molecule has 0 spiro atoms. The molecule has 4 heteroatoms. The summed E-state index contributed by atoms with van der Waals surface area (Å²) in [4.78, 5) is 0. The first kappa shape index (κ1) is 13.6. The summed E-state index contributed by atoms with van der Waals surface area (Å²) < 4.78 is 7.54. The third-order valence-electron chi connectivity index (χ3n) is 3.53. The minimum Gasteiger partial charge on any atom is -0.467 e. The number of nitrogens with zero attached hydrogens (tertiary/aromatic N) is 2. The predicted molar refractivity (Wildman–Crippen MR) is 82.5 cm³/mol. The summed E-state index contributed by atoms with van der Waals surface area (Å²) in [5, 5.41) is 7.92. The van der Waals surface area contributed by atoms with Crippen molar-refractivity contribution in [2.45, 2.75) is 19.9 Å². The van der Waals surface area contributed by atoms with E-state index < -0.39 is 0 Å². The second-order valence-electron chi connectivity index (χ2n) is 5.01. The van der Waals surface area contributed by atoms with Gasteiger partial charge in [0.25, 0.3) is 0 Å². The molecule has 2 heterocycles. The van der Waals surface area contributed by atoms with Crippen LogP contribution in [0.3, 0.4) is 0 Å². The smallest absolute Gasteiger partial charge is 0.128 e. The standard InChI is InChI=1S/C17H19N3O/c1-3-18-16(17-13(2)9-10-21-17)14-11-19-20(12-14)15-7-5-4-6-8-15/h4-12,16,18H,3H2,1-2H3. The van der Waals surface area contributed by atoms with Crippen molar-refractivity contribution in [3.63, 3.8) is 0 Å². The zero-order chi connectivity index (χ0) is 14.7. The van der Waals surface area contributed by atoms with Crippen LogP contribution in [0.1, 0.15) is 29.9 Å². The van der Waals surface area contributed by atoms with Crippen LogP contribution in [0.25, 0.3) is 5.69 Å². The summed E-state index contributed by atoms with van der Waals surface area (Å²) in [6.07, 6.45) is 5.67. The Hall–Kier alpha value is -2.33. The first-order valence-corrected chi connectivity index (χ1v) is 7.17. The third kappa shape index (κ3) is 2.76. The second-order valence-corrected chi connectivity index (χ2v) is 5.01. The average molecular weight is 281 g/mol. The predicted octanol–water partition coefficient (Wildman–Crippen LogP) is 3.47. The summed E-state index contributed by atoms with van der Waals surface area (Å²) in [5.41, 5.74) is 3.29. The van der Waals surface area contributed by atoms with Crippen LogP contribution in [0.4, 0.5) is 0 Å². The Balaban J connectivity index is 1.95. The average Bonchev–Trinajstić information content (AvgIpc) is 3.15. The molecule has 21 heavy (non-hydrogen) atoms. The van der Waals surface area contributed by atoms with Crippen molar-refractivity contribution in [1.82, 2.24) is 15.1 Å². The Morgan fingerprint density at radius 3 is 2.71 bits per heavy atom. The largest absolute Gasteiger partial charge is 0.467 e. The highest BCUT2D eigenvalue weighted by Crippen LogP contribution is 2.26. The molecular formula is C17H19N3O. The highest BCUT2D eigenvalue weighted by molar-refractivity contribution is 5.34. The van der Waals surface area contributed by atoms with E-state index in [0.717, 1.165) is 29.1 Å². The molecule has 0 amide bonds. The highest BCUT2D eigenvalue weighted by Gasteiger charge is 2.20. The number of hydrogen-bond acceptors (Lipinski definition) is 3. The fraction of sp³-hybridized carbons (Fsp3) is 0.235. The van der Waals surface area contributed by atoms with E-state index in [0.29, 0.717) is 0 Å². The van der Waals surface area contributed by atoms with Crippen molar-refractivity contribution in [2.75, 3.05) is 6.54 Å². The van der Waals surface area contributed by atoms with E-state index in [9.17, 15) is 0 Å². The zero-order valence-electron chi connectivity index (χ0n) is 12.3. The fourth-order valence-electron chi connectivity index (χ4n) is 2.45. The van der Waals surface area contributed by atoms with E-state index in [1.807, 2.05) is 53.5 Å². The molecule has 0 saturated carbocycles. The van der Waals surface area contributed by atoms with Crippen LogP contribution < -0.4 is 5.32 Å². The van der Waals surface area contributed by atoms with Gasteiger partial charge in [-0.05, 0) is 37.2 Å². The first-order valence-electron chi connectivity index (χ1n) is 7.17. The van der Waals surface area contributed by atoms with Gasteiger partial charge in [0.05, 0.1) is 24.2 Å². The summed E-state index contributed by atoms with van der Waals surface area (Å²) in [6.45, 7) is 5.01. The van der Waals surface area contributed by atoms with Crippen molar-refractivity contribution >= 4 is 0 Å². The molecule has 1 unspecified atom stereocenters. The summed E-state index contributed by atoms with van der Waals surface area (Å²) in [6, 6.07) is 12.1. The summed E-state index contributed by atoms with van der Waals surface area (Å²) >= 11 is 0. The van der Waals surface area contributed by atoms with Crippen molar-refractivity contribution in [3.05, 3.63) is 71.9 Å².